The fourth-order valence-electron chi connectivity index (χ4n) is 3.31. The number of aryl methyl sites for hydroxylation is 1. The number of amides is 1. The van der Waals surface area contributed by atoms with Crippen molar-refractivity contribution in [2.75, 3.05) is 19.6 Å². The first kappa shape index (κ1) is 21.0. The molecule has 0 saturated carbocycles. The Morgan fingerprint density at radius 1 is 1.31 bits per heavy atom. The Bertz CT molecular complexity index is 806. The summed E-state index contributed by atoms with van der Waals surface area (Å²) in [5.41, 5.74) is 9.31. The Kier molecular flexibility index (Phi) is 6.97. The van der Waals surface area contributed by atoms with Crippen LogP contribution in [0.3, 0.4) is 0 Å². The summed E-state index contributed by atoms with van der Waals surface area (Å²) in [6.45, 7) is 6.08. The standard InChI is InChI=1S/C18H22Cl2N4O.ClH/c1-11-15(8-18(25)23-6-5-13(9-21)10-23)12(2)24(22-11)14-3-4-16(19)17(20)7-14;/h3-4,7,13H,5-6,8-10,21H2,1-2H3;1H. The quantitative estimate of drug-likeness (QED) is 0.827. The van der Waals surface area contributed by atoms with Crippen molar-refractivity contribution in [2.45, 2.75) is 26.7 Å². The van der Waals surface area contributed by atoms with Crippen molar-refractivity contribution in [2.24, 2.45) is 11.7 Å². The lowest BCUT2D eigenvalue weighted by Gasteiger charge is -2.16. The zero-order valence-electron chi connectivity index (χ0n) is 14.8. The molecule has 0 bridgehead atoms. The topological polar surface area (TPSA) is 64.2 Å². The van der Waals surface area contributed by atoms with Gasteiger partial charge in [-0.25, -0.2) is 4.68 Å². The number of hydrogen-bond acceptors (Lipinski definition) is 3. The van der Waals surface area contributed by atoms with Crippen LogP contribution < -0.4 is 5.73 Å². The van der Waals surface area contributed by atoms with E-state index in [9.17, 15) is 4.79 Å². The van der Waals surface area contributed by atoms with E-state index in [0.717, 1.165) is 42.1 Å². The third-order valence-electron chi connectivity index (χ3n) is 4.89. The highest BCUT2D eigenvalue weighted by Gasteiger charge is 2.26. The fourth-order valence-corrected chi connectivity index (χ4v) is 3.61. The largest absolute Gasteiger partial charge is 0.342 e. The van der Waals surface area contributed by atoms with Crippen LogP contribution in [0.15, 0.2) is 18.2 Å². The second-order valence-electron chi connectivity index (χ2n) is 6.57. The van der Waals surface area contributed by atoms with Crippen LogP contribution in [0.4, 0.5) is 0 Å². The molecule has 0 aliphatic carbocycles. The first-order valence-electron chi connectivity index (χ1n) is 8.39. The van der Waals surface area contributed by atoms with Crippen LogP contribution in [0.25, 0.3) is 5.69 Å². The Balaban J connectivity index is 0.00000243. The average Bonchev–Trinajstić information content (AvgIpc) is 3.17. The normalized spacial score (nSPS) is 16.7. The van der Waals surface area contributed by atoms with Crippen LogP contribution in [-0.2, 0) is 11.2 Å². The molecule has 1 aliphatic rings. The van der Waals surface area contributed by atoms with Crippen LogP contribution in [0.2, 0.25) is 10.0 Å². The SMILES string of the molecule is Cc1nn(-c2ccc(Cl)c(Cl)c2)c(C)c1CC(=O)N1CCC(CN)C1.Cl. The molecule has 2 N–H and O–H groups in total. The van der Waals surface area contributed by atoms with Gasteiger partial charge in [0.2, 0.25) is 5.91 Å². The summed E-state index contributed by atoms with van der Waals surface area (Å²) in [4.78, 5) is 14.5. The maximum Gasteiger partial charge on any atom is 0.227 e. The van der Waals surface area contributed by atoms with E-state index in [1.807, 2.05) is 29.5 Å². The van der Waals surface area contributed by atoms with Gasteiger partial charge in [0.15, 0.2) is 0 Å². The van der Waals surface area contributed by atoms with Crippen molar-refractivity contribution in [3.8, 4) is 5.69 Å². The summed E-state index contributed by atoms with van der Waals surface area (Å²) < 4.78 is 1.81. The van der Waals surface area contributed by atoms with E-state index in [1.54, 1.807) is 12.1 Å². The Labute approximate surface area is 169 Å². The molecule has 8 heteroatoms. The lowest BCUT2D eigenvalue weighted by atomic mass is 10.1. The molecule has 26 heavy (non-hydrogen) atoms. The summed E-state index contributed by atoms with van der Waals surface area (Å²) in [5, 5.41) is 5.57. The van der Waals surface area contributed by atoms with E-state index >= 15 is 0 Å². The molecule has 1 fully saturated rings. The molecule has 3 rings (SSSR count). The number of carbonyl (C=O) groups excluding carboxylic acids is 1. The molecule has 2 heterocycles. The molecule has 1 amide bonds. The van der Waals surface area contributed by atoms with Gasteiger partial charge in [0, 0.05) is 24.3 Å². The van der Waals surface area contributed by atoms with E-state index in [4.69, 9.17) is 28.9 Å². The van der Waals surface area contributed by atoms with Crippen LogP contribution in [0.1, 0.15) is 23.4 Å². The predicted molar refractivity (Wildman–Crippen MR) is 108 cm³/mol. The smallest absolute Gasteiger partial charge is 0.227 e. The van der Waals surface area contributed by atoms with Crippen molar-refractivity contribution in [1.29, 1.82) is 0 Å². The molecule has 5 nitrogen and oxygen atoms in total. The van der Waals surface area contributed by atoms with Gasteiger partial charge in [-0.1, -0.05) is 23.2 Å². The summed E-state index contributed by atoms with van der Waals surface area (Å²) >= 11 is 12.1. The Morgan fingerprint density at radius 2 is 2.04 bits per heavy atom. The van der Waals surface area contributed by atoms with Gasteiger partial charge in [0.1, 0.15) is 0 Å². The highest BCUT2D eigenvalue weighted by Crippen LogP contribution is 2.26. The number of nitrogens with two attached hydrogens (primary N) is 1. The van der Waals surface area contributed by atoms with Gasteiger partial charge < -0.3 is 10.6 Å². The second-order valence-corrected chi connectivity index (χ2v) is 7.38. The monoisotopic (exact) mass is 416 g/mol. The van der Waals surface area contributed by atoms with E-state index in [0.29, 0.717) is 28.9 Å². The first-order valence-corrected chi connectivity index (χ1v) is 9.14. The maximum atomic E-state index is 12.6. The molecule has 1 unspecified atom stereocenters. The molecular formula is C18H23Cl3N4O. The van der Waals surface area contributed by atoms with Gasteiger partial charge in [0.25, 0.3) is 0 Å². The first-order chi connectivity index (χ1) is 11.9. The zero-order valence-corrected chi connectivity index (χ0v) is 17.2. The molecule has 142 valence electrons. The van der Waals surface area contributed by atoms with Crippen molar-refractivity contribution in [1.82, 2.24) is 14.7 Å². The molecule has 1 aliphatic heterocycles. The third kappa shape index (κ3) is 4.17. The number of carbonyl (C=O) groups is 1. The Hall–Kier alpha value is -1.27. The number of likely N-dealkylation sites (tertiary alicyclic amines) is 1. The van der Waals surface area contributed by atoms with Gasteiger partial charge >= 0.3 is 0 Å². The third-order valence-corrected chi connectivity index (χ3v) is 5.63. The van der Waals surface area contributed by atoms with E-state index in [1.165, 1.54) is 0 Å². The molecule has 1 aromatic heterocycles. The van der Waals surface area contributed by atoms with Crippen LogP contribution >= 0.6 is 35.6 Å². The van der Waals surface area contributed by atoms with E-state index in [-0.39, 0.29) is 18.3 Å². The zero-order chi connectivity index (χ0) is 18.1. The van der Waals surface area contributed by atoms with Crippen molar-refractivity contribution >= 4 is 41.5 Å². The summed E-state index contributed by atoms with van der Waals surface area (Å²) in [6, 6.07) is 5.39. The highest BCUT2D eigenvalue weighted by atomic mass is 35.5. The van der Waals surface area contributed by atoms with Gasteiger partial charge in [-0.05, 0) is 50.9 Å². The number of benzene rings is 1. The number of hydrogen-bond donors (Lipinski definition) is 1. The second kappa shape index (κ2) is 8.61. The molecule has 1 atom stereocenters. The van der Waals surface area contributed by atoms with Gasteiger partial charge in [-0.3, -0.25) is 4.79 Å². The summed E-state index contributed by atoms with van der Waals surface area (Å²) in [7, 11) is 0. The number of nitrogens with zero attached hydrogens (tertiary/aromatic N) is 3. The van der Waals surface area contributed by atoms with Gasteiger partial charge in [-0.2, -0.15) is 5.10 Å². The molecule has 0 radical (unpaired) electrons. The van der Waals surface area contributed by atoms with E-state index < -0.39 is 0 Å². The average molecular weight is 418 g/mol. The lowest BCUT2D eigenvalue weighted by molar-refractivity contribution is -0.129. The van der Waals surface area contributed by atoms with Crippen molar-refractivity contribution in [3.05, 3.63) is 45.2 Å². The van der Waals surface area contributed by atoms with Gasteiger partial charge in [-0.15, -0.1) is 12.4 Å². The van der Waals surface area contributed by atoms with Crippen molar-refractivity contribution in [3.63, 3.8) is 0 Å². The predicted octanol–water partition coefficient (Wildman–Crippen LogP) is 3.57. The summed E-state index contributed by atoms with van der Waals surface area (Å²) in [6.07, 6.45) is 1.35. The highest BCUT2D eigenvalue weighted by molar-refractivity contribution is 6.42. The molecule has 1 aromatic carbocycles. The molecule has 2 aromatic rings. The molecular weight excluding hydrogens is 395 g/mol. The van der Waals surface area contributed by atoms with Crippen LogP contribution in [-0.4, -0.2) is 40.2 Å². The molecule has 0 spiro atoms. The fraction of sp³-hybridized carbons (Fsp3) is 0.444. The maximum absolute atomic E-state index is 12.6. The van der Waals surface area contributed by atoms with Crippen molar-refractivity contribution < 1.29 is 4.79 Å². The number of aromatic nitrogens is 2. The van der Waals surface area contributed by atoms with Crippen LogP contribution in [0, 0.1) is 19.8 Å². The van der Waals surface area contributed by atoms with Crippen LogP contribution in [0.5, 0.6) is 0 Å². The van der Waals surface area contributed by atoms with E-state index in [2.05, 4.69) is 5.10 Å². The molecule has 1 saturated heterocycles. The van der Waals surface area contributed by atoms with Gasteiger partial charge in [0.05, 0.1) is 27.8 Å². The minimum absolute atomic E-state index is 0. The lowest BCUT2D eigenvalue weighted by Crippen LogP contribution is -2.31. The summed E-state index contributed by atoms with van der Waals surface area (Å²) in [5.74, 6) is 0.556. The number of halogens is 3. The Morgan fingerprint density at radius 3 is 2.65 bits per heavy atom. The minimum Gasteiger partial charge on any atom is -0.342 e. The minimum atomic E-state index is 0. The number of rotatable bonds is 4.